The fourth-order valence-electron chi connectivity index (χ4n) is 2.31. The van der Waals surface area contributed by atoms with Crippen molar-refractivity contribution < 1.29 is 9.32 Å². The Balaban J connectivity index is 1.46. The second kappa shape index (κ2) is 9.14. The van der Waals surface area contributed by atoms with Crippen LogP contribution < -0.4 is 5.32 Å². The van der Waals surface area contributed by atoms with Crippen molar-refractivity contribution in [1.29, 1.82) is 0 Å². The van der Waals surface area contributed by atoms with Crippen molar-refractivity contribution in [3.8, 4) is 11.4 Å². The van der Waals surface area contributed by atoms with Gasteiger partial charge >= 0.3 is 0 Å². The molecule has 1 N–H and O–H groups in total. The van der Waals surface area contributed by atoms with E-state index in [9.17, 15) is 4.79 Å². The number of aryl methyl sites for hydroxylation is 2. The highest BCUT2D eigenvalue weighted by atomic mass is 32.1. The zero-order valence-electron chi connectivity index (χ0n) is 14.5. The largest absolute Gasteiger partial charge is 0.339 e. The van der Waals surface area contributed by atoms with Crippen molar-refractivity contribution in [2.24, 2.45) is 0 Å². The minimum Gasteiger partial charge on any atom is -0.339 e. The molecule has 136 valence electrons. The Morgan fingerprint density at radius 1 is 1.19 bits per heavy atom. The number of amides is 1. The van der Waals surface area contributed by atoms with E-state index < -0.39 is 0 Å². The number of aromatic nitrogens is 5. The fourth-order valence-corrected chi connectivity index (χ4v) is 3.11. The van der Waals surface area contributed by atoms with Crippen LogP contribution in [0.15, 0.2) is 29.0 Å². The summed E-state index contributed by atoms with van der Waals surface area (Å²) in [4.78, 5) is 20.3. The van der Waals surface area contributed by atoms with E-state index in [0.717, 1.165) is 23.4 Å². The molecule has 3 rings (SSSR count). The number of carbonyl (C=O) groups is 1. The van der Waals surface area contributed by atoms with Crippen LogP contribution in [0.4, 0.5) is 5.13 Å². The zero-order valence-corrected chi connectivity index (χ0v) is 15.3. The first-order valence-corrected chi connectivity index (χ1v) is 9.41. The van der Waals surface area contributed by atoms with Gasteiger partial charge in [-0.3, -0.25) is 9.78 Å². The number of anilines is 1. The number of nitrogens with zero attached hydrogens (tertiary/aromatic N) is 5. The van der Waals surface area contributed by atoms with Crippen LogP contribution in [0.3, 0.4) is 0 Å². The third-order valence-corrected chi connectivity index (χ3v) is 4.58. The van der Waals surface area contributed by atoms with Crippen molar-refractivity contribution in [2.45, 2.75) is 45.4 Å². The Morgan fingerprint density at radius 3 is 2.85 bits per heavy atom. The highest BCUT2D eigenvalue weighted by Crippen LogP contribution is 2.18. The molecule has 0 radical (unpaired) electrons. The molecule has 3 aromatic rings. The van der Waals surface area contributed by atoms with Crippen LogP contribution in [-0.2, 0) is 17.6 Å². The van der Waals surface area contributed by atoms with E-state index in [-0.39, 0.29) is 12.3 Å². The van der Waals surface area contributed by atoms with Crippen LogP contribution in [0.1, 0.15) is 43.5 Å². The number of carbonyl (C=O) groups excluding carboxylic acids is 1. The van der Waals surface area contributed by atoms with Crippen molar-refractivity contribution in [3.63, 3.8) is 0 Å². The third kappa shape index (κ3) is 5.16. The summed E-state index contributed by atoms with van der Waals surface area (Å²) in [6.07, 6.45) is 8.27. The molecule has 8 nitrogen and oxygen atoms in total. The highest BCUT2D eigenvalue weighted by molar-refractivity contribution is 7.15. The lowest BCUT2D eigenvalue weighted by Crippen LogP contribution is -2.12. The summed E-state index contributed by atoms with van der Waals surface area (Å²) >= 11 is 1.42. The summed E-state index contributed by atoms with van der Waals surface area (Å²) in [6, 6.07) is 3.60. The topological polar surface area (TPSA) is 107 Å². The smallest absolute Gasteiger partial charge is 0.227 e. The summed E-state index contributed by atoms with van der Waals surface area (Å²) in [6.45, 7) is 2.16. The third-order valence-electron chi connectivity index (χ3n) is 3.68. The lowest BCUT2D eigenvalue weighted by Gasteiger charge is -1.98. The van der Waals surface area contributed by atoms with Crippen molar-refractivity contribution in [2.75, 3.05) is 5.32 Å². The molecule has 0 aromatic carbocycles. The van der Waals surface area contributed by atoms with Gasteiger partial charge in [-0.15, -0.1) is 10.2 Å². The molecule has 0 fully saturated rings. The van der Waals surface area contributed by atoms with E-state index in [2.05, 4.69) is 37.6 Å². The lowest BCUT2D eigenvalue weighted by molar-refractivity contribution is -0.116. The standard InChI is InChI=1S/C17H20N6O2S/c1-2-3-4-5-15-21-22-17(26-15)19-13(24)6-7-14-20-16(23-25-14)12-8-10-18-11-9-12/h8-11H,2-7H2,1H3,(H,19,22,24). The Hall–Kier alpha value is -2.68. The Bertz CT molecular complexity index is 833. The summed E-state index contributed by atoms with van der Waals surface area (Å²) in [5, 5.41) is 16.3. The number of rotatable bonds is 9. The van der Waals surface area contributed by atoms with E-state index in [1.807, 2.05) is 0 Å². The van der Waals surface area contributed by atoms with Gasteiger partial charge < -0.3 is 9.84 Å². The minimum atomic E-state index is -0.148. The van der Waals surface area contributed by atoms with E-state index in [1.54, 1.807) is 24.5 Å². The van der Waals surface area contributed by atoms with Gasteiger partial charge in [0, 0.05) is 37.2 Å². The summed E-state index contributed by atoms with van der Waals surface area (Å²) in [5.74, 6) is 0.762. The first kappa shape index (κ1) is 18.1. The van der Waals surface area contributed by atoms with Crippen LogP contribution in [0.2, 0.25) is 0 Å². The van der Waals surface area contributed by atoms with Crippen molar-refractivity contribution in [3.05, 3.63) is 35.4 Å². The van der Waals surface area contributed by atoms with Gasteiger partial charge in [0.2, 0.25) is 22.8 Å². The molecule has 0 aliphatic carbocycles. The molecule has 26 heavy (non-hydrogen) atoms. The van der Waals surface area contributed by atoms with E-state index in [1.165, 1.54) is 24.2 Å². The SMILES string of the molecule is CCCCCc1nnc(NC(=O)CCc2nc(-c3ccncc3)no2)s1. The summed E-state index contributed by atoms with van der Waals surface area (Å²) < 4.78 is 5.19. The lowest BCUT2D eigenvalue weighted by atomic mass is 10.2. The molecule has 0 saturated heterocycles. The number of hydrogen-bond acceptors (Lipinski definition) is 8. The van der Waals surface area contributed by atoms with Gasteiger partial charge in [-0.25, -0.2) is 0 Å². The maximum absolute atomic E-state index is 12.1. The monoisotopic (exact) mass is 372 g/mol. The molecule has 0 aliphatic rings. The van der Waals surface area contributed by atoms with E-state index in [0.29, 0.717) is 23.3 Å². The molecule has 0 saturated carbocycles. The molecule has 0 atom stereocenters. The Labute approximate surface area is 155 Å². The number of pyridine rings is 1. The molecule has 1 amide bonds. The molecule has 3 heterocycles. The maximum atomic E-state index is 12.1. The molecule has 0 bridgehead atoms. The first-order chi connectivity index (χ1) is 12.7. The quantitative estimate of drug-likeness (QED) is 0.574. The average Bonchev–Trinajstić information content (AvgIpc) is 3.31. The normalized spacial score (nSPS) is 10.8. The summed E-state index contributed by atoms with van der Waals surface area (Å²) in [7, 11) is 0. The van der Waals surface area contributed by atoms with Gasteiger partial charge in [0.1, 0.15) is 5.01 Å². The van der Waals surface area contributed by atoms with Crippen molar-refractivity contribution >= 4 is 22.4 Å². The zero-order chi connectivity index (χ0) is 18.2. The first-order valence-electron chi connectivity index (χ1n) is 8.60. The molecule has 0 unspecified atom stereocenters. The van der Waals surface area contributed by atoms with Crippen LogP contribution in [0, 0.1) is 0 Å². The fraction of sp³-hybridized carbons (Fsp3) is 0.412. The van der Waals surface area contributed by atoms with Crippen LogP contribution in [0.5, 0.6) is 0 Å². The number of unbranched alkanes of at least 4 members (excludes halogenated alkanes) is 2. The van der Waals surface area contributed by atoms with Gasteiger partial charge in [-0.2, -0.15) is 4.98 Å². The maximum Gasteiger partial charge on any atom is 0.227 e. The minimum absolute atomic E-state index is 0.148. The second-order valence-electron chi connectivity index (χ2n) is 5.75. The molecule has 3 aromatic heterocycles. The van der Waals surface area contributed by atoms with Gasteiger partial charge in [-0.1, -0.05) is 36.3 Å². The van der Waals surface area contributed by atoms with Crippen LogP contribution in [0.25, 0.3) is 11.4 Å². The predicted molar refractivity (Wildman–Crippen MR) is 97.6 cm³/mol. The van der Waals surface area contributed by atoms with E-state index in [4.69, 9.17) is 4.52 Å². The van der Waals surface area contributed by atoms with Crippen molar-refractivity contribution in [1.82, 2.24) is 25.3 Å². The van der Waals surface area contributed by atoms with Crippen LogP contribution >= 0.6 is 11.3 Å². The van der Waals surface area contributed by atoms with E-state index >= 15 is 0 Å². The van der Waals surface area contributed by atoms with Gasteiger partial charge in [0.25, 0.3) is 0 Å². The van der Waals surface area contributed by atoms with Gasteiger partial charge in [0.15, 0.2) is 0 Å². The highest BCUT2D eigenvalue weighted by Gasteiger charge is 2.12. The van der Waals surface area contributed by atoms with Crippen LogP contribution in [-0.4, -0.2) is 31.2 Å². The molecule has 9 heteroatoms. The number of hydrogen-bond donors (Lipinski definition) is 1. The Kier molecular flexibility index (Phi) is 6.37. The summed E-state index contributed by atoms with van der Waals surface area (Å²) in [5.41, 5.74) is 0.823. The molecule has 0 aliphatic heterocycles. The molecular formula is C17H20N6O2S. The number of nitrogens with one attached hydrogen (secondary N) is 1. The predicted octanol–water partition coefficient (Wildman–Crippen LogP) is 3.29. The van der Waals surface area contributed by atoms with Gasteiger partial charge in [0.05, 0.1) is 0 Å². The van der Waals surface area contributed by atoms with Gasteiger partial charge in [-0.05, 0) is 18.6 Å². The second-order valence-corrected chi connectivity index (χ2v) is 6.82. The molecular weight excluding hydrogens is 352 g/mol. The average molecular weight is 372 g/mol. The Morgan fingerprint density at radius 2 is 2.04 bits per heavy atom. The molecule has 0 spiro atoms.